The van der Waals surface area contributed by atoms with Crippen LogP contribution in [0, 0.1) is 12.3 Å². The van der Waals surface area contributed by atoms with Crippen LogP contribution >= 0.6 is 23.2 Å². The van der Waals surface area contributed by atoms with Crippen LogP contribution in [-0.4, -0.2) is 20.9 Å². The molecule has 0 aliphatic rings. The SMILES string of the molecule is C#CCNC(=O)c1ccc(Oc2ccc(Cl)cc2NS(=O)(=O)c2ccc(Cl)c(C(F)(F)F)c2)cc1. The van der Waals surface area contributed by atoms with Gasteiger partial charge in [0, 0.05) is 10.6 Å². The molecule has 0 radical (unpaired) electrons. The second-order valence-electron chi connectivity index (χ2n) is 6.90. The molecule has 3 rings (SSSR count). The summed E-state index contributed by atoms with van der Waals surface area (Å²) in [7, 11) is -4.49. The minimum Gasteiger partial charge on any atom is -0.455 e. The predicted octanol–water partition coefficient (Wildman–Crippen LogP) is 5.97. The largest absolute Gasteiger partial charge is 0.455 e. The van der Waals surface area contributed by atoms with Gasteiger partial charge in [-0.1, -0.05) is 29.1 Å². The molecule has 0 saturated carbocycles. The molecule has 12 heteroatoms. The lowest BCUT2D eigenvalue weighted by molar-refractivity contribution is -0.137. The topological polar surface area (TPSA) is 84.5 Å². The van der Waals surface area contributed by atoms with Gasteiger partial charge in [0.15, 0.2) is 5.75 Å². The van der Waals surface area contributed by atoms with Gasteiger partial charge in [0.1, 0.15) is 5.75 Å². The van der Waals surface area contributed by atoms with Crippen molar-refractivity contribution < 1.29 is 31.1 Å². The maximum Gasteiger partial charge on any atom is 0.417 e. The molecule has 0 bridgehead atoms. The minimum absolute atomic E-state index is 0.00696. The van der Waals surface area contributed by atoms with E-state index >= 15 is 0 Å². The molecule has 0 aliphatic carbocycles. The maximum atomic E-state index is 13.2. The fourth-order valence-corrected chi connectivity index (χ4v) is 4.28. The molecule has 3 aromatic carbocycles. The molecule has 0 saturated heterocycles. The fraction of sp³-hybridized carbons (Fsp3) is 0.0870. The molecule has 0 aromatic heterocycles. The zero-order chi connectivity index (χ0) is 25.8. The van der Waals surface area contributed by atoms with Gasteiger partial charge < -0.3 is 10.1 Å². The third-order valence-corrected chi connectivity index (χ3v) is 6.36. The van der Waals surface area contributed by atoms with Crippen molar-refractivity contribution in [1.29, 1.82) is 0 Å². The Morgan fingerprint density at radius 3 is 2.34 bits per heavy atom. The number of benzene rings is 3. The Labute approximate surface area is 209 Å². The highest BCUT2D eigenvalue weighted by atomic mass is 35.5. The molecule has 6 nitrogen and oxygen atoms in total. The van der Waals surface area contributed by atoms with Gasteiger partial charge in [0.25, 0.3) is 15.9 Å². The van der Waals surface area contributed by atoms with E-state index in [4.69, 9.17) is 34.4 Å². The Morgan fingerprint density at radius 1 is 1.03 bits per heavy atom. The molecule has 1 amide bonds. The molecule has 0 fully saturated rings. The average Bonchev–Trinajstić information content (AvgIpc) is 2.79. The van der Waals surface area contributed by atoms with Gasteiger partial charge in [-0.05, 0) is 60.7 Å². The minimum atomic E-state index is -4.85. The molecule has 182 valence electrons. The first-order valence-corrected chi connectivity index (χ1v) is 11.8. The first kappa shape index (κ1) is 26.2. The Bertz CT molecular complexity index is 1400. The Morgan fingerprint density at radius 2 is 1.71 bits per heavy atom. The first-order valence-electron chi connectivity index (χ1n) is 9.59. The van der Waals surface area contributed by atoms with Crippen molar-refractivity contribution in [1.82, 2.24) is 5.32 Å². The standard InChI is InChI=1S/C23H15Cl2F3N2O4S/c1-2-11-29-22(31)14-3-6-16(7-4-14)34-21-10-5-15(24)12-20(21)30-35(32,33)17-8-9-19(25)18(13-17)23(26,27)28/h1,3-10,12-13,30H,11H2,(H,29,31). The number of terminal acetylenes is 1. The summed E-state index contributed by atoms with van der Waals surface area (Å²) >= 11 is 11.6. The van der Waals surface area contributed by atoms with E-state index in [0.29, 0.717) is 11.6 Å². The van der Waals surface area contributed by atoms with Crippen LogP contribution in [0.3, 0.4) is 0 Å². The van der Waals surface area contributed by atoms with E-state index in [2.05, 4.69) is 16.0 Å². The Kier molecular flexibility index (Phi) is 7.85. The smallest absolute Gasteiger partial charge is 0.417 e. The maximum absolute atomic E-state index is 13.2. The summed E-state index contributed by atoms with van der Waals surface area (Å²) < 4.78 is 73.1. The number of hydrogen-bond acceptors (Lipinski definition) is 4. The molecule has 3 aromatic rings. The van der Waals surface area contributed by atoms with Gasteiger partial charge >= 0.3 is 6.18 Å². The first-order chi connectivity index (χ1) is 16.4. The van der Waals surface area contributed by atoms with Crippen molar-refractivity contribution in [2.24, 2.45) is 0 Å². The second kappa shape index (κ2) is 10.5. The summed E-state index contributed by atoms with van der Waals surface area (Å²) in [5.41, 5.74) is -1.11. The second-order valence-corrected chi connectivity index (χ2v) is 9.42. The summed E-state index contributed by atoms with van der Waals surface area (Å²) in [5.74, 6) is 2.14. The van der Waals surface area contributed by atoms with Crippen LogP contribution in [0.4, 0.5) is 18.9 Å². The number of alkyl halides is 3. The van der Waals surface area contributed by atoms with Crippen molar-refractivity contribution in [2.45, 2.75) is 11.1 Å². The highest BCUT2D eigenvalue weighted by molar-refractivity contribution is 7.92. The van der Waals surface area contributed by atoms with Crippen molar-refractivity contribution in [3.63, 3.8) is 0 Å². The van der Waals surface area contributed by atoms with E-state index in [9.17, 15) is 26.4 Å². The van der Waals surface area contributed by atoms with E-state index in [0.717, 1.165) is 12.1 Å². The van der Waals surface area contributed by atoms with Crippen LogP contribution in [-0.2, 0) is 16.2 Å². The highest BCUT2D eigenvalue weighted by Crippen LogP contribution is 2.37. The van der Waals surface area contributed by atoms with Gasteiger partial charge in [-0.25, -0.2) is 8.42 Å². The van der Waals surface area contributed by atoms with E-state index in [1.165, 1.54) is 42.5 Å². The molecule has 0 heterocycles. The van der Waals surface area contributed by atoms with Crippen LogP contribution in [0.25, 0.3) is 0 Å². The lowest BCUT2D eigenvalue weighted by Crippen LogP contribution is -2.23. The molecule has 0 spiro atoms. The number of sulfonamides is 1. The molecule has 0 unspecified atom stereocenters. The number of carbonyl (C=O) groups is 1. The zero-order valence-electron chi connectivity index (χ0n) is 17.5. The third kappa shape index (κ3) is 6.60. The fourth-order valence-electron chi connectivity index (χ4n) is 2.80. The lowest BCUT2D eigenvalue weighted by Gasteiger charge is -2.15. The quantitative estimate of drug-likeness (QED) is 0.360. The van der Waals surface area contributed by atoms with E-state index in [1.54, 1.807) is 0 Å². The van der Waals surface area contributed by atoms with E-state index in [-0.39, 0.29) is 28.8 Å². The van der Waals surface area contributed by atoms with Crippen molar-refractivity contribution >= 4 is 44.8 Å². The molecule has 2 N–H and O–H groups in total. The summed E-state index contributed by atoms with van der Waals surface area (Å²) in [6, 6.07) is 12.1. The third-order valence-electron chi connectivity index (χ3n) is 4.43. The number of carbonyl (C=O) groups excluding carboxylic acids is 1. The number of halogens is 5. The van der Waals surface area contributed by atoms with Crippen LogP contribution in [0.1, 0.15) is 15.9 Å². The van der Waals surface area contributed by atoms with E-state index < -0.39 is 37.6 Å². The van der Waals surface area contributed by atoms with Gasteiger partial charge in [-0.3, -0.25) is 9.52 Å². The molecular weight excluding hydrogens is 528 g/mol. The number of ether oxygens (including phenoxy) is 1. The van der Waals surface area contributed by atoms with Crippen LogP contribution in [0.15, 0.2) is 65.6 Å². The monoisotopic (exact) mass is 542 g/mol. The summed E-state index contributed by atoms with van der Waals surface area (Å²) in [4.78, 5) is 11.3. The van der Waals surface area contributed by atoms with Gasteiger partial charge in [-0.2, -0.15) is 13.2 Å². The summed E-state index contributed by atoms with van der Waals surface area (Å²) in [6.07, 6.45) is 0.254. The van der Waals surface area contributed by atoms with Crippen molar-refractivity contribution in [3.8, 4) is 23.8 Å². The van der Waals surface area contributed by atoms with Gasteiger partial charge in [-0.15, -0.1) is 6.42 Å². The molecular formula is C23H15Cl2F3N2O4S. The Balaban J connectivity index is 1.88. The summed E-state index contributed by atoms with van der Waals surface area (Å²) in [5, 5.41) is 2.01. The number of hydrogen-bond donors (Lipinski definition) is 2. The average molecular weight is 543 g/mol. The van der Waals surface area contributed by atoms with Gasteiger partial charge in [0.2, 0.25) is 0 Å². The van der Waals surface area contributed by atoms with Crippen LogP contribution < -0.4 is 14.8 Å². The zero-order valence-corrected chi connectivity index (χ0v) is 19.8. The number of anilines is 1. The molecule has 0 aliphatic heterocycles. The van der Waals surface area contributed by atoms with Crippen LogP contribution in [0.5, 0.6) is 11.5 Å². The van der Waals surface area contributed by atoms with Crippen LogP contribution in [0.2, 0.25) is 10.0 Å². The van der Waals surface area contributed by atoms with Crippen molar-refractivity contribution in [2.75, 3.05) is 11.3 Å². The van der Waals surface area contributed by atoms with E-state index in [1.807, 2.05) is 0 Å². The molecule has 0 atom stereocenters. The summed E-state index contributed by atoms with van der Waals surface area (Å²) in [6.45, 7) is 0.0590. The highest BCUT2D eigenvalue weighted by Gasteiger charge is 2.34. The number of rotatable bonds is 7. The number of nitrogens with one attached hydrogen (secondary N) is 2. The predicted molar refractivity (Wildman–Crippen MR) is 126 cm³/mol. The molecule has 35 heavy (non-hydrogen) atoms. The van der Waals surface area contributed by atoms with Crippen molar-refractivity contribution in [3.05, 3.63) is 81.8 Å². The number of amides is 1. The lowest BCUT2D eigenvalue weighted by atomic mass is 10.2. The van der Waals surface area contributed by atoms with Gasteiger partial charge in [0.05, 0.1) is 27.7 Å². The Hall–Kier alpha value is -3.39. The normalized spacial score (nSPS) is 11.4.